The summed E-state index contributed by atoms with van der Waals surface area (Å²) in [5.74, 6) is -0.519. The SMILES string of the molecule is CCCCCCCCC(=O)OCC(COCc1ccccc1)COC(=O)CCCCCCCC. The lowest BCUT2D eigenvalue weighted by Crippen LogP contribution is -2.25. The molecule has 0 saturated heterocycles. The van der Waals surface area contributed by atoms with E-state index in [9.17, 15) is 9.59 Å². The van der Waals surface area contributed by atoms with Crippen LogP contribution in [0.5, 0.6) is 0 Å². The molecule has 0 saturated carbocycles. The third-order valence-electron chi connectivity index (χ3n) is 5.89. The van der Waals surface area contributed by atoms with E-state index in [0.29, 0.717) is 26.1 Å². The van der Waals surface area contributed by atoms with Crippen LogP contribution in [0.3, 0.4) is 0 Å². The van der Waals surface area contributed by atoms with Crippen LogP contribution in [-0.2, 0) is 30.4 Å². The summed E-state index contributed by atoms with van der Waals surface area (Å²) < 4.78 is 16.8. The van der Waals surface area contributed by atoms with Crippen molar-refractivity contribution in [3.63, 3.8) is 0 Å². The maximum Gasteiger partial charge on any atom is 0.305 e. The van der Waals surface area contributed by atoms with Gasteiger partial charge < -0.3 is 14.2 Å². The number of ether oxygens (including phenoxy) is 3. The minimum absolute atomic E-state index is 0.161. The fourth-order valence-corrected chi connectivity index (χ4v) is 3.73. The van der Waals surface area contributed by atoms with Crippen LogP contribution in [0.4, 0.5) is 0 Å². The molecular weight excluding hydrogens is 428 g/mol. The van der Waals surface area contributed by atoms with Crippen LogP contribution in [0.15, 0.2) is 30.3 Å². The lowest BCUT2D eigenvalue weighted by molar-refractivity contribution is -0.150. The molecule has 0 aromatic heterocycles. The van der Waals surface area contributed by atoms with Crippen LogP contribution in [-0.4, -0.2) is 31.8 Å². The van der Waals surface area contributed by atoms with Crippen LogP contribution >= 0.6 is 0 Å². The van der Waals surface area contributed by atoms with Crippen LogP contribution in [0, 0.1) is 5.92 Å². The minimum atomic E-state index is -0.179. The zero-order valence-corrected chi connectivity index (χ0v) is 21.7. The van der Waals surface area contributed by atoms with Gasteiger partial charge >= 0.3 is 11.9 Å². The van der Waals surface area contributed by atoms with Gasteiger partial charge in [-0.2, -0.15) is 0 Å². The van der Waals surface area contributed by atoms with Crippen molar-refractivity contribution in [1.82, 2.24) is 0 Å². The Balaban J connectivity index is 2.32. The van der Waals surface area contributed by atoms with Crippen molar-refractivity contribution in [2.24, 2.45) is 5.92 Å². The number of benzene rings is 1. The van der Waals surface area contributed by atoms with E-state index in [2.05, 4.69) is 13.8 Å². The number of hydrogen-bond acceptors (Lipinski definition) is 5. The molecule has 1 aromatic rings. The first-order valence-electron chi connectivity index (χ1n) is 13.6. The number of carbonyl (C=O) groups excluding carboxylic acids is 2. The largest absolute Gasteiger partial charge is 0.465 e. The summed E-state index contributed by atoms with van der Waals surface area (Å²) in [6.45, 7) is 5.69. The number of hydrogen-bond donors (Lipinski definition) is 0. The van der Waals surface area contributed by atoms with Crippen LogP contribution in [0.25, 0.3) is 0 Å². The Labute approximate surface area is 207 Å². The van der Waals surface area contributed by atoms with E-state index in [1.165, 1.54) is 51.4 Å². The number of carbonyl (C=O) groups is 2. The van der Waals surface area contributed by atoms with E-state index in [0.717, 1.165) is 31.2 Å². The summed E-state index contributed by atoms with van der Waals surface area (Å²) in [5.41, 5.74) is 1.08. The Hall–Kier alpha value is -1.88. The predicted molar refractivity (Wildman–Crippen MR) is 137 cm³/mol. The molecule has 0 unspecified atom stereocenters. The first kappa shape index (κ1) is 30.2. The normalized spacial score (nSPS) is 11.0. The Morgan fingerprint density at radius 1 is 0.647 bits per heavy atom. The molecule has 5 heteroatoms. The molecule has 34 heavy (non-hydrogen) atoms. The summed E-state index contributed by atoms with van der Waals surface area (Å²) in [6.07, 6.45) is 14.5. The standard InChI is InChI=1S/C29H48O5/c1-3-5-7-9-11-16-20-28(30)33-24-27(23-32-22-26-18-14-13-15-19-26)25-34-29(31)21-17-12-10-8-6-4-2/h13-15,18-19,27H,3-12,16-17,20-25H2,1-2H3. The first-order chi connectivity index (χ1) is 16.7. The maximum atomic E-state index is 12.1. The van der Waals surface area contributed by atoms with Crippen molar-refractivity contribution in [3.05, 3.63) is 35.9 Å². The number of unbranched alkanes of at least 4 members (excludes halogenated alkanes) is 10. The van der Waals surface area contributed by atoms with Gasteiger partial charge in [0.25, 0.3) is 0 Å². The molecule has 0 bridgehead atoms. The second kappa shape index (κ2) is 21.6. The molecule has 0 N–H and O–H groups in total. The molecule has 194 valence electrons. The average Bonchev–Trinajstić information content (AvgIpc) is 2.85. The minimum Gasteiger partial charge on any atom is -0.465 e. The van der Waals surface area contributed by atoms with Gasteiger partial charge in [0.05, 0.1) is 32.3 Å². The molecule has 1 aromatic carbocycles. The quantitative estimate of drug-likeness (QED) is 0.129. The highest BCUT2D eigenvalue weighted by Crippen LogP contribution is 2.11. The predicted octanol–water partition coefficient (Wildman–Crippen LogP) is 7.41. The lowest BCUT2D eigenvalue weighted by atomic mass is 10.1. The monoisotopic (exact) mass is 476 g/mol. The van der Waals surface area contributed by atoms with Crippen molar-refractivity contribution < 1.29 is 23.8 Å². The van der Waals surface area contributed by atoms with Crippen molar-refractivity contribution in [2.45, 2.75) is 110 Å². The van der Waals surface area contributed by atoms with Gasteiger partial charge in [-0.3, -0.25) is 9.59 Å². The second-order valence-electron chi connectivity index (χ2n) is 9.27. The molecule has 0 amide bonds. The van der Waals surface area contributed by atoms with Gasteiger partial charge in [0.15, 0.2) is 0 Å². The van der Waals surface area contributed by atoms with Crippen molar-refractivity contribution in [2.75, 3.05) is 19.8 Å². The molecule has 1 rings (SSSR count). The Morgan fingerprint density at radius 3 is 1.62 bits per heavy atom. The Morgan fingerprint density at radius 2 is 1.12 bits per heavy atom. The van der Waals surface area contributed by atoms with Crippen LogP contribution in [0.1, 0.15) is 109 Å². The molecular formula is C29H48O5. The topological polar surface area (TPSA) is 61.8 Å². The Kier molecular flexibility index (Phi) is 19.2. The van der Waals surface area contributed by atoms with Gasteiger partial charge in [-0.15, -0.1) is 0 Å². The molecule has 0 fully saturated rings. The number of esters is 2. The van der Waals surface area contributed by atoms with Crippen molar-refractivity contribution in [1.29, 1.82) is 0 Å². The number of rotatable bonds is 22. The van der Waals surface area contributed by atoms with E-state index < -0.39 is 0 Å². The summed E-state index contributed by atoms with van der Waals surface area (Å²) in [7, 11) is 0. The van der Waals surface area contributed by atoms with E-state index in [1.54, 1.807) is 0 Å². The smallest absolute Gasteiger partial charge is 0.305 e. The van der Waals surface area contributed by atoms with Gasteiger partial charge in [0.2, 0.25) is 0 Å². The average molecular weight is 477 g/mol. The van der Waals surface area contributed by atoms with Gasteiger partial charge in [0.1, 0.15) is 0 Å². The van der Waals surface area contributed by atoms with Crippen molar-refractivity contribution >= 4 is 11.9 Å². The fraction of sp³-hybridized carbons (Fsp3) is 0.724. The molecule has 0 aliphatic carbocycles. The van der Waals surface area contributed by atoms with E-state index >= 15 is 0 Å². The van der Waals surface area contributed by atoms with Gasteiger partial charge in [-0.05, 0) is 18.4 Å². The summed E-state index contributed by atoms with van der Waals surface area (Å²) in [6, 6.07) is 9.94. The lowest BCUT2D eigenvalue weighted by Gasteiger charge is -2.18. The molecule has 5 nitrogen and oxygen atoms in total. The van der Waals surface area contributed by atoms with E-state index in [-0.39, 0.29) is 31.1 Å². The summed E-state index contributed by atoms with van der Waals surface area (Å²) in [5, 5.41) is 0. The van der Waals surface area contributed by atoms with Crippen molar-refractivity contribution in [3.8, 4) is 0 Å². The van der Waals surface area contributed by atoms with Crippen LogP contribution < -0.4 is 0 Å². The highest BCUT2D eigenvalue weighted by Gasteiger charge is 2.16. The molecule has 0 aliphatic heterocycles. The molecule has 0 radical (unpaired) electrons. The fourth-order valence-electron chi connectivity index (χ4n) is 3.73. The second-order valence-corrected chi connectivity index (χ2v) is 9.27. The third-order valence-corrected chi connectivity index (χ3v) is 5.89. The summed E-state index contributed by atoms with van der Waals surface area (Å²) in [4.78, 5) is 24.3. The van der Waals surface area contributed by atoms with Gasteiger partial charge in [0, 0.05) is 12.8 Å². The Bertz CT molecular complexity index is 584. The molecule has 0 aliphatic rings. The van der Waals surface area contributed by atoms with E-state index in [1.807, 2.05) is 30.3 Å². The molecule has 0 heterocycles. The summed E-state index contributed by atoms with van der Waals surface area (Å²) >= 11 is 0. The highest BCUT2D eigenvalue weighted by atomic mass is 16.6. The third kappa shape index (κ3) is 17.6. The zero-order chi connectivity index (χ0) is 24.7. The van der Waals surface area contributed by atoms with Gasteiger partial charge in [-0.1, -0.05) is 108 Å². The van der Waals surface area contributed by atoms with Crippen LogP contribution in [0.2, 0.25) is 0 Å². The zero-order valence-electron chi connectivity index (χ0n) is 21.7. The molecule has 0 atom stereocenters. The van der Waals surface area contributed by atoms with Gasteiger partial charge in [-0.25, -0.2) is 0 Å². The first-order valence-corrected chi connectivity index (χ1v) is 13.6. The maximum absolute atomic E-state index is 12.1. The molecule has 0 spiro atoms. The van der Waals surface area contributed by atoms with E-state index in [4.69, 9.17) is 14.2 Å². The highest BCUT2D eigenvalue weighted by molar-refractivity contribution is 5.69.